The fourth-order valence-electron chi connectivity index (χ4n) is 2.83. The van der Waals surface area contributed by atoms with E-state index in [-0.39, 0.29) is 18.0 Å². The monoisotopic (exact) mass is 339 g/mol. The summed E-state index contributed by atoms with van der Waals surface area (Å²) in [5, 5.41) is 3.00. The van der Waals surface area contributed by atoms with Crippen LogP contribution in [-0.2, 0) is 14.8 Å². The minimum absolute atomic E-state index is 0.00382. The third-order valence-corrected chi connectivity index (χ3v) is 4.77. The number of carbonyl (C=O) groups is 1. The van der Waals surface area contributed by atoms with Crippen LogP contribution in [0.3, 0.4) is 0 Å². The Balaban J connectivity index is 1.75. The molecule has 1 aliphatic rings. The van der Waals surface area contributed by atoms with Crippen molar-refractivity contribution in [3.8, 4) is 0 Å². The van der Waals surface area contributed by atoms with Gasteiger partial charge >= 0.3 is 0 Å². The zero-order chi connectivity index (χ0) is 16.9. The van der Waals surface area contributed by atoms with Gasteiger partial charge in [-0.25, -0.2) is 13.1 Å². The first-order valence-electron chi connectivity index (χ1n) is 7.87. The fraction of sp³-hybridized carbons (Fsp3) is 0.562. The zero-order valence-electron chi connectivity index (χ0n) is 13.7. The normalized spacial score (nSPS) is 18.5. The van der Waals surface area contributed by atoms with Crippen molar-refractivity contribution in [2.24, 2.45) is 0 Å². The maximum absolute atomic E-state index is 12.1. The van der Waals surface area contributed by atoms with Crippen molar-refractivity contribution >= 4 is 15.9 Å². The first-order chi connectivity index (χ1) is 10.8. The second-order valence-electron chi connectivity index (χ2n) is 6.14. The van der Waals surface area contributed by atoms with Gasteiger partial charge in [0, 0.05) is 19.1 Å². The molecule has 6 nitrogen and oxygen atoms in total. The standard InChI is InChI=1S/C16H25N3O3S/c1-13(14-6-4-3-5-7-14)17-16(20)12-19-10-8-15(9-11-19)18-23(2,21)22/h3-7,13,15,18H,8-12H2,1-2H3,(H,17,20). The van der Waals surface area contributed by atoms with Crippen LogP contribution < -0.4 is 10.0 Å². The maximum Gasteiger partial charge on any atom is 0.234 e. The van der Waals surface area contributed by atoms with E-state index in [1.807, 2.05) is 37.3 Å². The van der Waals surface area contributed by atoms with Gasteiger partial charge in [-0.3, -0.25) is 9.69 Å². The van der Waals surface area contributed by atoms with Gasteiger partial charge in [-0.15, -0.1) is 0 Å². The number of piperidine rings is 1. The Bertz CT molecular complexity index is 611. The van der Waals surface area contributed by atoms with E-state index in [9.17, 15) is 13.2 Å². The molecule has 1 aromatic rings. The van der Waals surface area contributed by atoms with Crippen molar-refractivity contribution in [3.63, 3.8) is 0 Å². The van der Waals surface area contributed by atoms with Gasteiger partial charge in [0.25, 0.3) is 0 Å². The lowest BCUT2D eigenvalue weighted by Crippen LogP contribution is -2.47. The molecule has 0 saturated carbocycles. The molecule has 7 heteroatoms. The minimum Gasteiger partial charge on any atom is -0.348 e. The van der Waals surface area contributed by atoms with Crippen LogP contribution in [0.4, 0.5) is 0 Å². The van der Waals surface area contributed by atoms with E-state index in [4.69, 9.17) is 0 Å². The van der Waals surface area contributed by atoms with Crippen LogP contribution in [0, 0.1) is 0 Å². The number of benzene rings is 1. The van der Waals surface area contributed by atoms with Crippen LogP contribution in [0.5, 0.6) is 0 Å². The summed E-state index contributed by atoms with van der Waals surface area (Å²) in [5.41, 5.74) is 1.08. The van der Waals surface area contributed by atoms with Crippen molar-refractivity contribution in [2.75, 3.05) is 25.9 Å². The number of carbonyl (C=O) groups excluding carboxylic acids is 1. The summed E-state index contributed by atoms with van der Waals surface area (Å²) >= 11 is 0. The van der Waals surface area contributed by atoms with Crippen molar-refractivity contribution in [3.05, 3.63) is 35.9 Å². The molecule has 1 unspecified atom stereocenters. The molecule has 0 radical (unpaired) electrons. The number of amides is 1. The summed E-state index contributed by atoms with van der Waals surface area (Å²) in [6, 6.07) is 9.81. The van der Waals surface area contributed by atoms with Crippen LogP contribution in [0.1, 0.15) is 31.4 Å². The van der Waals surface area contributed by atoms with Gasteiger partial charge in [0.15, 0.2) is 0 Å². The highest BCUT2D eigenvalue weighted by Gasteiger charge is 2.23. The van der Waals surface area contributed by atoms with Crippen LogP contribution in [0.25, 0.3) is 0 Å². The Kier molecular flexibility index (Phi) is 6.15. The molecule has 0 aliphatic carbocycles. The number of hydrogen-bond donors (Lipinski definition) is 2. The average Bonchev–Trinajstić information content (AvgIpc) is 2.48. The quantitative estimate of drug-likeness (QED) is 0.806. The summed E-state index contributed by atoms with van der Waals surface area (Å²) in [7, 11) is -3.16. The lowest BCUT2D eigenvalue weighted by atomic mass is 10.1. The van der Waals surface area contributed by atoms with E-state index >= 15 is 0 Å². The van der Waals surface area contributed by atoms with Crippen molar-refractivity contribution < 1.29 is 13.2 Å². The number of nitrogens with zero attached hydrogens (tertiary/aromatic N) is 1. The smallest absolute Gasteiger partial charge is 0.234 e. The lowest BCUT2D eigenvalue weighted by molar-refractivity contribution is -0.123. The highest BCUT2D eigenvalue weighted by atomic mass is 32.2. The minimum atomic E-state index is -3.16. The van der Waals surface area contributed by atoms with Crippen LogP contribution >= 0.6 is 0 Å². The lowest BCUT2D eigenvalue weighted by Gasteiger charge is -2.31. The van der Waals surface area contributed by atoms with Crippen molar-refractivity contribution in [1.82, 2.24) is 14.9 Å². The van der Waals surface area contributed by atoms with Crippen molar-refractivity contribution in [2.45, 2.75) is 31.8 Å². The van der Waals surface area contributed by atoms with Crippen LogP contribution in [-0.4, -0.2) is 51.2 Å². The van der Waals surface area contributed by atoms with E-state index < -0.39 is 10.0 Å². The first-order valence-corrected chi connectivity index (χ1v) is 9.76. The number of likely N-dealkylation sites (tertiary alicyclic amines) is 1. The number of rotatable bonds is 6. The summed E-state index contributed by atoms with van der Waals surface area (Å²) in [5.74, 6) is -0.00382. The molecule has 1 amide bonds. The van der Waals surface area contributed by atoms with Gasteiger partial charge < -0.3 is 5.32 Å². The summed E-state index contributed by atoms with van der Waals surface area (Å²) in [4.78, 5) is 14.2. The highest BCUT2D eigenvalue weighted by molar-refractivity contribution is 7.88. The number of sulfonamides is 1. The molecule has 0 spiro atoms. The molecular formula is C16H25N3O3S. The number of nitrogens with one attached hydrogen (secondary N) is 2. The topological polar surface area (TPSA) is 78.5 Å². The third kappa shape index (κ3) is 6.29. The summed E-state index contributed by atoms with van der Waals surface area (Å²) < 4.78 is 25.1. The summed E-state index contributed by atoms with van der Waals surface area (Å²) in [6.45, 7) is 3.76. The Morgan fingerprint density at radius 1 is 1.26 bits per heavy atom. The van der Waals surface area contributed by atoms with Crippen molar-refractivity contribution in [1.29, 1.82) is 0 Å². The van der Waals surface area contributed by atoms with Gasteiger partial charge in [-0.05, 0) is 25.3 Å². The SMILES string of the molecule is CC(NC(=O)CN1CCC(NS(C)(=O)=O)CC1)c1ccccc1. The maximum atomic E-state index is 12.1. The molecule has 1 aliphatic heterocycles. The molecule has 1 aromatic carbocycles. The van der Waals surface area contributed by atoms with Gasteiger partial charge in [0.1, 0.15) is 0 Å². The van der Waals surface area contributed by atoms with E-state index in [2.05, 4.69) is 14.9 Å². The molecule has 128 valence electrons. The molecule has 2 N–H and O–H groups in total. The molecule has 0 bridgehead atoms. The third-order valence-electron chi connectivity index (χ3n) is 4.01. The van der Waals surface area contributed by atoms with E-state index in [0.29, 0.717) is 6.54 Å². The summed E-state index contributed by atoms with van der Waals surface area (Å²) in [6.07, 6.45) is 2.64. The fourth-order valence-corrected chi connectivity index (χ4v) is 3.67. The Morgan fingerprint density at radius 3 is 2.43 bits per heavy atom. The van der Waals surface area contributed by atoms with Gasteiger partial charge in [-0.1, -0.05) is 30.3 Å². The first kappa shape index (κ1) is 17.9. The second-order valence-corrected chi connectivity index (χ2v) is 7.92. The molecule has 23 heavy (non-hydrogen) atoms. The zero-order valence-corrected chi connectivity index (χ0v) is 14.5. The molecule has 2 rings (SSSR count). The second kappa shape index (κ2) is 7.90. The van der Waals surface area contributed by atoms with Crippen LogP contribution in [0.2, 0.25) is 0 Å². The Morgan fingerprint density at radius 2 is 1.87 bits per heavy atom. The Labute approximate surface area is 138 Å². The largest absolute Gasteiger partial charge is 0.348 e. The number of hydrogen-bond acceptors (Lipinski definition) is 4. The van der Waals surface area contributed by atoms with Gasteiger partial charge in [-0.2, -0.15) is 0 Å². The van der Waals surface area contributed by atoms with Crippen LogP contribution in [0.15, 0.2) is 30.3 Å². The van der Waals surface area contributed by atoms with E-state index in [1.165, 1.54) is 6.26 Å². The van der Waals surface area contributed by atoms with E-state index in [0.717, 1.165) is 31.5 Å². The molecule has 1 saturated heterocycles. The van der Waals surface area contributed by atoms with Gasteiger partial charge in [0.05, 0.1) is 18.8 Å². The molecule has 1 atom stereocenters. The predicted octanol–water partition coefficient (Wildman–Crippen LogP) is 0.877. The molecular weight excluding hydrogens is 314 g/mol. The molecule has 0 aromatic heterocycles. The van der Waals surface area contributed by atoms with Gasteiger partial charge in [0.2, 0.25) is 15.9 Å². The molecule has 1 heterocycles. The molecule has 1 fully saturated rings. The van der Waals surface area contributed by atoms with E-state index in [1.54, 1.807) is 0 Å². The highest BCUT2D eigenvalue weighted by Crippen LogP contribution is 2.13. The average molecular weight is 339 g/mol. The predicted molar refractivity (Wildman–Crippen MR) is 90.4 cm³/mol. The Hall–Kier alpha value is -1.44.